The van der Waals surface area contributed by atoms with Crippen LogP contribution in [-0.4, -0.2) is 32.9 Å². The van der Waals surface area contributed by atoms with Gasteiger partial charge in [-0.2, -0.15) is 0 Å². The number of hydrogen-bond donors (Lipinski definition) is 1. The number of thioether (sulfide) groups is 1. The molecule has 25 heavy (non-hydrogen) atoms. The van der Waals surface area contributed by atoms with Gasteiger partial charge in [0.25, 0.3) is 5.91 Å². The van der Waals surface area contributed by atoms with Gasteiger partial charge in [0.15, 0.2) is 0 Å². The van der Waals surface area contributed by atoms with Gasteiger partial charge in [0.05, 0.1) is 11.4 Å². The summed E-state index contributed by atoms with van der Waals surface area (Å²) in [7, 11) is -3.29. The van der Waals surface area contributed by atoms with Crippen LogP contribution in [0.15, 0.2) is 53.4 Å². The van der Waals surface area contributed by atoms with Gasteiger partial charge < -0.3 is 5.32 Å². The van der Waals surface area contributed by atoms with Crippen molar-refractivity contribution in [2.45, 2.75) is 17.7 Å². The van der Waals surface area contributed by atoms with Crippen molar-refractivity contribution < 1.29 is 13.2 Å². The van der Waals surface area contributed by atoms with Crippen molar-refractivity contribution in [3.63, 3.8) is 0 Å². The first-order valence-electron chi connectivity index (χ1n) is 8.05. The minimum atomic E-state index is -3.29. The largest absolute Gasteiger partial charge is 0.322 e. The maximum atomic E-state index is 12.5. The predicted octanol–water partition coefficient (Wildman–Crippen LogP) is 3.59. The summed E-state index contributed by atoms with van der Waals surface area (Å²) in [4.78, 5) is 13.6. The molecule has 2 aromatic rings. The van der Waals surface area contributed by atoms with Crippen LogP contribution in [0.4, 0.5) is 11.4 Å². The molecule has 0 bridgehead atoms. The summed E-state index contributed by atoms with van der Waals surface area (Å²) in [5.74, 6) is -0.0974. The lowest BCUT2D eigenvalue weighted by Crippen LogP contribution is -2.37. The molecule has 5 nitrogen and oxygen atoms in total. The van der Waals surface area contributed by atoms with Gasteiger partial charge in [-0.05, 0) is 55.5 Å². The summed E-state index contributed by atoms with van der Waals surface area (Å²) in [6.45, 7) is 0.461. The van der Waals surface area contributed by atoms with E-state index in [0.29, 0.717) is 29.9 Å². The van der Waals surface area contributed by atoms with E-state index < -0.39 is 10.0 Å². The van der Waals surface area contributed by atoms with Crippen molar-refractivity contribution in [1.29, 1.82) is 0 Å². The van der Waals surface area contributed by atoms with Crippen molar-refractivity contribution in [2.75, 3.05) is 28.2 Å². The highest BCUT2D eigenvalue weighted by molar-refractivity contribution is 7.98. The van der Waals surface area contributed by atoms with Gasteiger partial charge in [0.1, 0.15) is 0 Å². The summed E-state index contributed by atoms with van der Waals surface area (Å²) in [5.41, 5.74) is 1.70. The maximum absolute atomic E-state index is 12.5. The Morgan fingerprint density at radius 1 is 1.12 bits per heavy atom. The van der Waals surface area contributed by atoms with E-state index in [-0.39, 0.29) is 11.7 Å². The second-order valence-electron chi connectivity index (χ2n) is 5.83. The van der Waals surface area contributed by atoms with Gasteiger partial charge >= 0.3 is 0 Å². The first-order valence-corrected chi connectivity index (χ1v) is 10.9. The first-order chi connectivity index (χ1) is 12.0. The molecule has 1 aliphatic heterocycles. The monoisotopic (exact) mass is 376 g/mol. The summed E-state index contributed by atoms with van der Waals surface area (Å²) >= 11 is 1.60. The van der Waals surface area contributed by atoms with Crippen molar-refractivity contribution in [2.24, 2.45) is 0 Å². The Labute approximate surface area is 152 Å². The molecule has 2 aromatic carbocycles. The molecule has 0 spiro atoms. The predicted molar refractivity (Wildman–Crippen MR) is 103 cm³/mol. The summed E-state index contributed by atoms with van der Waals surface area (Å²) < 4.78 is 25.9. The molecular weight excluding hydrogens is 356 g/mol. The fourth-order valence-corrected chi connectivity index (χ4v) is 4.88. The number of sulfonamides is 1. The number of nitrogens with one attached hydrogen (secondary N) is 1. The second kappa shape index (κ2) is 7.49. The molecule has 7 heteroatoms. The van der Waals surface area contributed by atoms with Gasteiger partial charge in [0.2, 0.25) is 10.0 Å². The molecule has 0 saturated carbocycles. The molecule has 132 valence electrons. The maximum Gasteiger partial charge on any atom is 0.255 e. The highest BCUT2D eigenvalue weighted by Crippen LogP contribution is 2.25. The van der Waals surface area contributed by atoms with E-state index in [1.165, 1.54) is 4.31 Å². The number of anilines is 2. The average molecular weight is 377 g/mol. The molecular formula is C18H20N2O3S2. The number of nitrogens with zero attached hydrogens (tertiary/aromatic N) is 1. The molecule has 1 N–H and O–H groups in total. The molecule has 0 radical (unpaired) electrons. The third kappa shape index (κ3) is 4.16. The molecule has 1 fully saturated rings. The third-order valence-electron chi connectivity index (χ3n) is 4.07. The molecule has 0 unspecified atom stereocenters. The van der Waals surface area contributed by atoms with Crippen molar-refractivity contribution in [1.82, 2.24) is 0 Å². The van der Waals surface area contributed by atoms with Crippen LogP contribution in [0.5, 0.6) is 0 Å². The quantitative estimate of drug-likeness (QED) is 0.828. The smallest absolute Gasteiger partial charge is 0.255 e. The summed E-state index contributed by atoms with van der Waals surface area (Å²) in [6, 6.07) is 14.4. The van der Waals surface area contributed by atoms with E-state index >= 15 is 0 Å². The Morgan fingerprint density at radius 2 is 1.92 bits per heavy atom. The zero-order valence-electron chi connectivity index (χ0n) is 13.9. The van der Waals surface area contributed by atoms with E-state index in [0.717, 1.165) is 11.3 Å². The summed E-state index contributed by atoms with van der Waals surface area (Å²) in [6.07, 6.45) is 3.49. The van der Waals surface area contributed by atoms with Crippen LogP contribution in [0.25, 0.3) is 0 Å². The van der Waals surface area contributed by atoms with E-state index in [1.54, 1.807) is 36.0 Å². The number of carbonyl (C=O) groups excluding carboxylic acids is 1. The molecule has 3 rings (SSSR count). The topological polar surface area (TPSA) is 66.5 Å². The minimum absolute atomic E-state index is 0.158. The van der Waals surface area contributed by atoms with Crippen molar-refractivity contribution >= 4 is 39.1 Å². The Kier molecular flexibility index (Phi) is 5.34. The fourth-order valence-electron chi connectivity index (χ4n) is 2.79. The molecule has 1 aliphatic rings. The summed E-state index contributed by atoms with van der Waals surface area (Å²) in [5, 5.41) is 2.86. The first kappa shape index (κ1) is 17.8. The lowest BCUT2D eigenvalue weighted by Gasteiger charge is -2.28. The van der Waals surface area contributed by atoms with E-state index in [4.69, 9.17) is 0 Å². The van der Waals surface area contributed by atoms with Crippen LogP contribution >= 0.6 is 11.8 Å². The molecule has 0 atom stereocenters. The third-order valence-corrected chi connectivity index (χ3v) is 6.67. The van der Waals surface area contributed by atoms with E-state index in [1.807, 2.05) is 30.5 Å². The average Bonchev–Trinajstić information content (AvgIpc) is 2.61. The van der Waals surface area contributed by atoms with E-state index in [9.17, 15) is 13.2 Å². The molecule has 1 heterocycles. The highest BCUT2D eigenvalue weighted by atomic mass is 32.2. The van der Waals surface area contributed by atoms with Crippen LogP contribution in [0.1, 0.15) is 23.2 Å². The van der Waals surface area contributed by atoms with Gasteiger partial charge in [-0.15, -0.1) is 11.8 Å². The number of amides is 1. The van der Waals surface area contributed by atoms with Crippen LogP contribution < -0.4 is 9.62 Å². The van der Waals surface area contributed by atoms with Crippen molar-refractivity contribution in [3.05, 3.63) is 54.1 Å². The number of rotatable bonds is 4. The molecule has 0 aliphatic carbocycles. The Morgan fingerprint density at radius 3 is 2.68 bits per heavy atom. The zero-order chi connectivity index (χ0) is 17.9. The minimum Gasteiger partial charge on any atom is -0.322 e. The van der Waals surface area contributed by atoms with E-state index in [2.05, 4.69) is 5.32 Å². The van der Waals surface area contributed by atoms with Crippen molar-refractivity contribution in [3.8, 4) is 0 Å². The highest BCUT2D eigenvalue weighted by Gasteiger charge is 2.26. The van der Waals surface area contributed by atoms with Crippen LogP contribution in [0.2, 0.25) is 0 Å². The lowest BCUT2D eigenvalue weighted by atomic mass is 10.1. The Balaban J connectivity index is 1.82. The SMILES string of the molecule is CSc1cccc(NC(=O)c2cccc(N3CCCCS3(=O)=O)c2)c1. The van der Waals surface area contributed by atoms with Gasteiger partial charge in [0, 0.05) is 22.7 Å². The Hall–Kier alpha value is -1.99. The van der Waals surface area contributed by atoms with Crippen LogP contribution in [0, 0.1) is 0 Å². The second-order valence-corrected chi connectivity index (χ2v) is 8.72. The normalized spacial score (nSPS) is 16.4. The van der Waals surface area contributed by atoms with Gasteiger partial charge in [-0.3, -0.25) is 9.10 Å². The lowest BCUT2D eigenvalue weighted by molar-refractivity contribution is 0.102. The van der Waals surface area contributed by atoms with Gasteiger partial charge in [-0.1, -0.05) is 12.1 Å². The standard InChI is InChI=1S/C18H20N2O3S2/c1-24-17-9-5-7-15(13-17)19-18(21)14-6-4-8-16(12-14)20-10-2-3-11-25(20,22)23/h4-9,12-13H,2-3,10-11H2,1H3,(H,19,21). The number of benzene rings is 2. The van der Waals surface area contributed by atoms with Crippen LogP contribution in [0.3, 0.4) is 0 Å². The molecule has 0 aromatic heterocycles. The number of carbonyl (C=O) groups is 1. The Bertz CT molecular complexity index is 881. The molecule has 1 amide bonds. The molecule has 1 saturated heterocycles. The van der Waals surface area contributed by atoms with Gasteiger partial charge in [-0.25, -0.2) is 8.42 Å². The zero-order valence-corrected chi connectivity index (χ0v) is 15.6. The van der Waals surface area contributed by atoms with Crippen LogP contribution in [-0.2, 0) is 10.0 Å². The fraction of sp³-hybridized carbons (Fsp3) is 0.278. The number of hydrogen-bond acceptors (Lipinski definition) is 4.